The molecule has 8 heteroatoms. The van der Waals surface area contributed by atoms with Crippen molar-refractivity contribution in [1.29, 1.82) is 0 Å². The minimum absolute atomic E-state index is 0.00208. The van der Waals surface area contributed by atoms with E-state index in [1.54, 1.807) is 0 Å². The third kappa shape index (κ3) is 4.41. The molecule has 1 N–H and O–H groups in total. The number of hydrogen-bond acceptors (Lipinski definition) is 5. The molecule has 0 aliphatic heterocycles. The van der Waals surface area contributed by atoms with Gasteiger partial charge in [0.05, 0.1) is 18.0 Å². The smallest absolute Gasteiger partial charge is 0.383 e. The Balaban J connectivity index is 2.50. The summed E-state index contributed by atoms with van der Waals surface area (Å²) in [4.78, 5) is 14.6. The molecular weight excluding hydrogens is 257 g/mol. The second kappa shape index (κ2) is 6.08. The van der Waals surface area contributed by atoms with Crippen molar-refractivity contribution >= 4 is 17.1 Å². The van der Waals surface area contributed by atoms with E-state index in [0.29, 0.717) is 24.5 Å². The first-order valence-corrected chi connectivity index (χ1v) is 5.52. The summed E-state index contributed by atoms with van der Waals surface area (Å²) < 4.78 is 41.4. The molecule has 1 aromatic rings. The van der Waals surface area contributed by atoms with E-state index in [1.165, 1.54) is 7.11 Å². The number of rotatable bonds is 6. The second-order valence-corrected chi connectivity index (χ2v) is 4.15. The van der Waals surface area contributed by atoms with Crippen LogP contribution in [0.15, 0.2) is 6.20 Å². The molecule has 0 spiro atoms. The minimum atomic E-state index is -4.49. The number of nitrogens with one attached hydrogen (secondary N) is 1. The lowest BCUT2D eigenvalue weighted by molar-refractivity contribution is -0.137. The highest BCUT2D eigenvalue weighted by Crippen LogP contribution is 2.32. The summed E-state index contributed by atoms with van der Waals surface area (Å²) in [5, 5.41) is 1.75. The van der Waals surface area contributed by atoms with Crippen LogP contribution in [0.25, 0.3) is 0 Å². The summed E-state index contributed by atoms with van der Waals surface area (Å²) in [5.74, 6) is -0.408. The number of aromatic nitrogens is 1. The summed E-state index contributed by atoms with van der Waals surface area (Å²) in [6, 6.07) is 0. The summed E-state index contributed by atoms with van der Waals surface area (Å²) in [7, 11) is 1.52. The van der Waals surface area contributed by atoms with Gasteiger partial charge in [0.15, 0.2) is 10.8 Å². The molecule has 0 bridgehead atoms. The van der Waals surface area contributed by atoms with Crippen molar-refractivity contribution in [1.82, 2.24) is 10.3 Å². The Morgan fingerprint density at radius 1 is 1.59 bits per heavy atom. The molecule has 0 unspecified atom stereocenters. The number of thiazole rings is 1. The molecule has 1 heterocycles. The fourth-order valence-electron chi connectivity index (χ4n) is 0.997. The topological polar surface area (TPSA) is 51.2 Å². The Bertz CT molecular complexity index is 379. The van der Waals surface area contributed by atoms with E-state index in [-0.39, 0.29) is 11.4 Å². The molecule has 96 valence electrons. The molecule has 0 aliphatic carbocycles. The Hall–Kier alpha value is -0.990. The van der Waals surface area contributed by atoms with Crippen molar-refractivity contribution in [2.75, 3.05) is 26.8 Å². The van der Waals surface area contributed by atoms with Gasteiger partial charge in [-0.1, -0.05) is 0 Å². The number of carbonyl (C=O) groups is 1. The second-order valence-electron chi connectivity index (χ2n) is 3.12. The van der Waals surface area contributed by atoms with E-state index >= 15 is 0 Å². The molecule has 1 rings (SSSR count). The van der Waals surface area contributed by atoms with E-state index in [9.17, 15) is 18.0 Å². The lowest BCUT2D eigenvalue weighted by Crippen LogP contribution is -2.25. The third-order valence-electron chi connectivity index (χ3n) is 1.79. The SMILES string of the molecule is COCCNCC(=O)c1cnc(C(F)(F)F)s1. The normalized spacial score (nSPS) is 11.8. The number of halogens is 3. The Labute approximate surface area is 99.8 Å². The minimum Gasteiger partial charge on any atom is -0.383 e. The van der Waals surface area contributed by atoms with E-state index in [1.807, 2.05) is 0 Å². The molecule has 0 atom stereocenters. The van der Waals surface area contributed by atoms with E-state index in [2.05, 4.69) is 10.3 Å². The predicted molar refractivity (Wildman–Crippen MR) is 56.2 cm³/mol. The molecule has 0 radical (unpaired) electrons. The van der Waals surface area contributed by atoms with Crippen LogP contribution in [0, 0.1) is 0 Å². The van der Waals surface area contributed by atoms with Crippen molar-refractivity contribution in [3.05, 3.63) is 16.1 Å². The fraction of sp³-hybridized carbons (Fsp3) is 0.556. The highest BCUT2D eigenvalue weighted by atomic mass is 32.1. The number of hydrogen-bond donors (Lipinski definition) is 1. The van der Waals surface area contributed by atoms with Crippen LogP contribution >= 0.6 is 11.3 Å². The average Bonchev–Trinajstić information content (AvgIpc) is 2.72. The van der Waals surface area contributed by atoms with Crippen LogP contribution in [0.2, 0.25) is 0 Å². The zero-order chi connectivity index (χ0) is 12.9. The van der Waals surface area contributed by atoms with Crippen molar-refractivity contribution in [3.63, 3.8) is 0 Å². The number of carbonyl (C=O) groups excluding carboxylic acids is 1. The maximum atomic E-state index is 12.2. The molecule has 1 aromatic heterocycles. The molecule has 0 saturated heterocycles. The van der Waals surface area contributed by atoms with Crippen LogP contribution in [0.5, 0.6) is 0 Å². The third-order valence-corrected chi connectivity index (χ3v) is 2.87. The molecule has 0 saturated carbocycles. The highest BCUT2D eigenvalue weighted by molar-refractivity contribution is 7.13. The lowest BCUT2D eigenvalue weighted by Gasteiger charge is -2.01. The summed E-state index contributed by atoms with van der Waals surface area (Å²) >= 11 is 0.355. The van der Waals surface area contributed by atoms with E-state index in [0.717, 1.165) is 6.20 Å². The van der Waals surface area contributed by atoms with Gasteiger partial charge in [0.25, 0.3) is 0 Å². The summed E-state index contributed by atoms with van der Waals surface area (Å²) in [5.41, 5.74) is 0. The number of nitrogens with zero attached hydrogens (tertiary/aromatic N) is 1. The molecule has 0 aliphatic rings. The number of alkyl halides is 3. The van der Waals surface area contributed by atoms with Gasteiger partial charge >= 0.3 is 6.18 Å². The van der Waals surface area contributed by atoms with Gasteiger partial charge in [0.1, 0.15) is 0 Å². The van der Waals surface area contributed by atoms with Crippen molar-refractivity contribution in [2.24, 2.45) is 0 Å². The quantitative estimate of drug-likeness (QED) is 0.628. The molecular formula is C9H11F3N2O2S. The summed E-state index contributed by atoms with van der Waals surface area (Å²) in [6.45, 7) is 0.875. The van der Waals surface area contributed by atoms with Gasteiger partial charge in [-0.2, -0.15) is 13.2 Å². The van der Waals surface area contributed by atoms with Gasteiger partial charge in [-0.15, -0.1) is 11.3 Å². The van der Waals surface area contributed by atoms with Gasteiger partial charge in [-0.05, 0) is 0 Å². The monoisotopic (exact) mass is 268 g/mol. The number of methoxy groups -OCH3 is 1. The first-order chi connectivity index (χ1) is 7.95. The van der Waals surface area contributed by atoms with Gasteiger partial charge in [0.2, 0.25) is 0 Å². The maximum absolute atomic E-state index is 12.2. The molecule has 0 fully saturated rings. The van der Waals surface area contributed by atoms with Crippen LogP contribution < -0.4 is 5.32 Å². The molecule has 17 heavy (non-hydrogen) atoms. The first-order valence-electron chi connectivity index (χ1n) is 4.71. The van der Waals surface area contributed by atoms with Crippen LogP contribution in [0.3, 0.4) is 0 Å². The van der Waals surface area contributed by atoms with Crippen molar-refractivity contribution < 1.29 is 22.7 Å². The predicted octanol–water partition coefficient (Wildman–Crippen LogP) is 1.58. The number of Topliss-reactive ketones (excluding diaryl/α,β-unsaturated/α-hetero) is 1. The lowest BCUT2D eigenvalue weighted by atomic mass is 10.3. The standard InChI is InChI=1S/C9H11F3N2O2S/c1-16-3-2-13-4-6(15)7-5-14-8(17-7)9(10,11)12/h5,13H,2-4H2,1H3. The van der Waals surface area contributed by atoms with Crippen molar-refractivity contribution in [3.8, 4) is 0 Å². The van der Waals surface area contributed by atoms with Crippen LogP contribution in [0.4, 0.5) is 13.2 Å². The van der Waals surface area contributed by atoms with Crippen LogP contribution in [-0.4, -0.2) is 37.6 Å². The number of ether oxygens (including phenoxy) is 1. The van der Waals surface area contributed by atoms with Crippen LogP contribution in [-0.2, 0) is 10.9 Å². The van der Waals surface area contributed by atoms with E-state index < -0.39 is 17.0 Å². The first kappa shape index (κ1) is 14.1. The zero-order valence-corrected chi connectivity index (χ0v) is 9.82. The number of ketones is 1. The van der Waals surface area contributed by atoms with Gasteiger partial charge in [0, 0.05) is 19.9 Å². The molecule has 0 aromatic carbocycles. The Morgan fingerprint density at radius 3 is 2.82 bits per heavy atom. The van der Waals surface area contributed by atoms with Gasteiger partial charge < -0.3 is 10.1 Å². The maximum Gasteiger partial charge on any atom is 0.443 e. The van der Waals surface area contributed by atoms with Gasteiger partial charge in [-0.3, -0.25) is 4.79 Å². The highest BCUT2D eigenvalue weighted by Gasteiger charge is 2.35. The van der Waals surface area contributed by atoms with E-state index in [4.69, 9.17) is 4.74 Å². The molecule has 4 nitrogen and oxygen atoms in total. The zero-order valence-electron chi connectivity index (χ0n) is 9.00. The fourth-order valence-corrected chi connectivity index (χ4v) is 1.72. The summed E-state index contributed by atoms with van der Waals surface area (Å²) in [6.07, 6.45) is -3.54. The average molecular weight is 268 g/mol. The Kier molecular flexibility index (Phi) is 5.03. The van der Waals surface area contributed by atoms with Crippen molar-refractivity contribution in [2.45, 2.75) is 6.18 Å². The largest absolute Gasteiger partial charge is 0.443 e. The Morgan fingerprint density at radius 2 is 2.29 bits per heavy atom. The van der Waals surface area contributed by atoms with Gasteiger partial charge in [-0.25, -0.2) is 4.98 Å². The molecule has 0 amide bonds. The van der Waals surface area contributed by atoms with Crippen LogP contribution in [0.1, 0.15) is 14.7 Å².